The highest BCUT2D eigenvalue weighted by atomic mass is 16.5. The van der Waals surface area contributed by atoms with Gasteiger partial charge in [-0.3, -0.25) is 4.79 Å². The highest BCUT2D eigenvalue weighted by molar-refractivity contribution is 5.82. The van der Waals surface area contributed by atoms with E-state index in [0.29, 0.717) is 17.6 Å². The Morgan fingerprint density at radius 1 is 0.885 bits per heavy atom. The molecule has 2 aliphatic carbocycles. The lowest BCUT2D eigenvalue weighted by atomic mass is 9.79. The lowest BCUT2D eigenvalue weighted by Crippen LogP contribution is -2.18. The molecule has 0 N–H and O–H groups in total. The van der Waals surface area contributed by atoms with Crippen molar-refractivity contribution in [2.45, 2.75) is 110 Å². The van der Waals surface area contributed by atoms with Crippen molar-refractivity contribution in [3.8, 4) is 0 Å². The number of ketones is 1. The predicted molar refractivity (Wildman–Crippen MR) is 110 cm³/mol. The van der Waals surface area contributed by atoms with Gasteiger partial charge in [-0.2, -0.15) is 0 Å². The zero-order chi connectivity index (χ0) is 18.6. The predicted octanol–water partition coefficient (Wildman–Crippen LogP) is 7.22. The average Bonchev–Trinajstić information content (AvgIpc) is 3.49. The molecule has 2 rings (SSSR count). The second-order valence-corrected chi connectivity index (χ2v) is 8.63. The fraction of sp³-hybridized carbons (Fsp3) is 0.875. The average molecular weight is 363 g/mol. The maximum Gasteiger partial charge on any atom is 0.135 e. The van der Waals surface area contributed by atoms with E-state index >= 15 is 0 Å². The molecule has 0 aromatic carbocycles. The van der Waals surface area contributed by atoms with Crippen molar-refractivity contribution < 1.29 is 9.53 Å². The van der Waals surface area contributed by atoms with Crippen molar-refractivity contribution in [2.24, 2.45) is 17.8 Å². The molecule has 0 aromatic rings. The van der Waals surface area contributed by atoms with Crippen LogP contribution in [0.5, 0.6) is 0 Å². The van der Waals surface area contributed by atoms with Crippen LogP contribution in [0.1, 0.15) is 110 Å². The minimum atomic E-state index is 0.433. The summed E-state index contributed by atoms with van der Waals surface area (Å²) in [5, 5.41) is 0. The third-order valence-electron chi connectivity index (χ3n) is 6.24. The lowest BCUT2D eigenvalue weighted by molar-refractivity contribution is -0.120. The molecule has 2 fully saturated rings. The van der Waals surface area contributed by atoms with E-state index in [1.165, 1.54) is 57.1 Å². The number of hydrogen-bond donors (Lipinski definition) is 0. The van der Waals surface area contributed by atoms with Gasteiger partial charge in [0, 0.05) is 18.3 Å². The summed E-state index contributed by atoms with van der Waals surface area (Å²) in [4.78, 5) is 11.7. The van der Waals surface area contributed by atoms with Crippen LogP contribution in [0.15, 0.2) is 11.8 Å². The number of Topliss-reactive ketones (excluding diaryl/α,β-unsaturated/α-hetero) is 1. The van der Waals surface area contributed by atoms with Gasteiger partial charge < -0.3 is 4.74 Å². The molecule has 0 aliphatic heterocycles. The van der Waals surface area contributed by atoms with Crippen molar-refractivity contribution in [3.05, 3.63) is 11.8 Å². The first-order valence-corrected chi connectivity index (χ1v) is 11.6. The zero-order valence-electron chi connectivity index (χ0n) is 17.4. The van der Waals surface area contributed by atoms with E-state index in [1.807, 2.05) is 0 Å². The molecule has 0 atom stereocenters. The smallest absolute Gasteiger partial charge is 0.135 e. The Bertz CT molecular complexity index is 414. The molecule has 0 aromatic heterocycles. The molecule has 0 bridgehead atoms. The fourth-order valence-corrected chi connectivity index (χ4v) is 4.34. The molecule has 2 nitrogen and oxygen atoms in total. The monoisotopic (exact) mass is 362 g/mol. The van der Waals surface area contributed by atoms with Crippen molar-refractivity contribution in [1.29, 1.82) is 0 Å². The Labute approximate surface area is 162 Å². The minimum Gasteiger partial charge on any atom is -0.498 e. The molecule has 0 amide bonds. The van der Waals surface area contributed by atoms with Crippen LogP contribution in [0.4, 0.5) is 0 Å². The van der Waals surface area contributed by atoms with Crippen LogP contribution in [0.25, 0.3) is 0 Å². The second-order valence-electron chi connectivity index (χ2n) is 8.63. The molecular weight excluding hydrogens is 320 g/mol. The Hall–Kier alpha value is -0.790. The molecule has 0 unspecified atom stereocenters. The normalized spacial score (nSPS) is 23.8. The van der Waals surface area contributed by atoms with Crippen molar-refractivity contribution >= 4 is 5.78 Å². The molecule has 2 saturated carbocycles. The maximum absolute atomic E-state index is 11.7. The summed E-state index contributed by atoms with van der Waals surface area (Å²) in [6.45, 7) is 5.34. The Morgan fingerprint density at radius 2 is 1.62 bits per heavy atom. The summed E-state index contributed by atoms with van der Waals surface area (Å²) in [6.07, 6.45) is 20.8. The van der Waals surface area contributed by atoms with Crippen LogP contribution < -0.4 is 0 Å². The molecule has 0 radical (unpaired) electrons. The standard InChI is InChI=1S/C24H42O2/c1-3-5-7-11-20-13-15-22(16-14-20)24(10-4-2)26-19-9-6-8-12-23(25)21-17-18-21/h10,20-22H,3-9,11-19H2,1-2H3/b24-10+. The van der Waals surface area contributed by atoms with E-state index in [4.69, 9.17) is 4.74 Å². The topological polar surface area (TPSA) is 26.3 Å². The molecule has 0 saturated heterocycles. The number of rotatable bonds is 14. The van der Waals surface area contributed by atoms with Gasteiger partial charge in [-0.15, -0.1) is 0 Å². The van der Waals surface area contributed by atoms with Gasteiger partial charge in [0.05, 0.1) is 12.4 Å². The summed E-state index contributed by atoms with van der Waals surface area (Å²) in [5.41, 5.74) is 0. The van der Waals surface area contributed by atoms with Gasteiger partial charge in [0.1, 0.15) is 5.78 Å². The Kier molecular flexibility index (Phi) is 10.4. The Balaban J connectivity index is 1.57. The van der Waals surface area contributed by atoms with Gasteiger partial charge in [-0.05, 0) is 76.2 Å². The molecule has 26 heavy (non-hydrogen) atoms. The first kappa shape index (κ1) is 21.5. The summed E-state index contributed by atoms with van der Waals surface area (Å²) in [5.74, 6) is 3.84. The maximum atomic E-state index is 11.7. The molecule has 2 heteroatoms. The van der Waals surface area contributed by atoms with Gasteiger partial charge in [0.25, 0.3) is 0 Å². The summed E-state index contributed by atoms with van der Waals surface area (Å²) in [6, 6.07) is 0. The van der Waals surface area contributed by atoms with E-state index < -0.39 is 0 Å². The van der Waals surface area contributed by atoms with E-state index in [0.717, 1.165) is 57.5 Å². The number of ether oxygens (including phenoxy) is 1. The summed E-state index contributed by atoms with van der Waals surface area (Å²) >= 11 is 0. The number of carbonyl (C=O) groups excluding carboxylic acids is 1. The first-order chi connectivity index (χ1) is 12.7. The quantitative estimate of drug-likeness (QED) is 0.241. The van der Waals surface area contributed by atoms with Gasteiger partial charge >= 0.3 is 0 Å². The summed E-state index contributed by atoms with van der Waals surface area (Å²) in [7, 11) is 0. The zero-order valence-corrected chi connectivity index (χ0v) is 17.4. The summed E-state index contributed by atoms with van der Waals surface area (Å²) < 4.78 is 6.20. The molecular formula is C24H42O2. The molecule has 150 valence electrons. The van der Waals surface area contributed by atoms with Gasteiger partial charge in [-0.1, -0.05) is 39.5 Å². The van der Waals surface area contributed by atoms with Crippen LogP contribution in [0.2, 0.25) is 0 Å². The highest BCUT2D eigenvalue weighted by Gasteiger charge is 2.28. The van der Waals surface area contributed by atoms with Gasteiger partial charge in [0.15, 0.2) is 0 Å². The number of carbonyl (C=O) groups is 1. The van der Waals surface area contributed by atoms with Crippen LogP contribution >= 0.6 is 0 Å². The largest absolute Gasteiger partial charge is 0.498 e. The molecule has 0 heterocycles. The molecule has 2 aliphatic rings. The van der Waals surface area contributed by atoms with E-state index in [2.05, 4.69) is 19.9 Å². The Morgan fingerprint density at radius 3 is 2.27 bits per heavy atom. The van der Waals surface area contributed by atoms with Crippen LogP contribution in [-0.4, -0.2) is 12.4 Å². The van der Waals surface area contributed by atoms with Crippen molar-refractivity contribution in [1.82, 2.24) is 0 Å². The number of unbranched alkanes of at least 4 members (excludes halogenated alkanes) is 4. The SMILES string of the molecule is CC/C=C(/OCCCCCC(=O)C1CC1)C1CCC(CCCCC)CC1. The van der Waals surface area contributed by atoms with Gasteiger partial charge in [-0.25, -0.2) is 0 Å². The second kappa shape index (κ2) is 12.6. The molecule has 0 spiro atoms. The van der Waals surface area contributed by atoms with E-state index in [1.54, 1.807) is 0 Å². The minimum absolute atomic E-state index is 0.433. The van der Waals surface area contributed by atoms with Crippen LogP contribution in [0, 0.1) is 17.8 Å². The van der Waals surface area contributed by atoms with Crippen molar-refractivity contribution in [2.75, 3.05) is 6.61 Å². The van der Waals surface area contributed by atoms with E-state index in [9.17, 15) is 4.79 Å². The van der Waals surface area contributed by atoms with E-state index in [-0.39, 0.29) is 0 Å². The van der Waals surface area contributed by atoms with Crippen LogP contribution in [-0.2, 0) is 9.53 Å². The van der Waals surface area contributed by atoms with Gasteiger partial charge in [0.2, 0.25) is 0 Å². The lowest BCUT2D eigenvalue weighted by Gasteiger charge is -2.30. The number of hydrogen-bond acceptors (Lipinski definition) is 2. The van der Waals surface area contributed by atoms with Crippen LogP contribution in [0.3, 0.4) is 0 Å². The van der Waals surface area contributed by atoms with Crippen molar-refractivity contribution in [3.63, 3.8) is 0 Å². The highest BCUT2D eigenvalue weighted by Crippen LogP contribution is 2.36. The first-order valence-electron chi connectivity index (χ1n) is 11.6. The fourth-order valence-electron chi connectivity index (χ4n) is 4.34. The third-order valence-corrected chi connectivity index (χ3v) is 6.24. The third kappa shape index (κ3) is 8.27. The number of allylic oxidation sites excluding steroid dienone is 2.